The Morgan fingerprint density at radius 2 is 1.68 bits per heavy atom. The summed E-state index contributed by atoms with van der Waals surface area (Å²) in [6, 6.07) is 23.5. The van der Waals surface area contributed by atoms with Gasteiger partial charge in [0.25, 0.3) is 5.91 Å². The number of aromatic nitrogens is 5. The highest BCUT2D eigenvalue weighted by Crippen LogP contribution is 2.37. The minimum Gasteiger partial charge on any atom is -0.494 e. The molecule has 6 N–H and O–H groups in total. The van der Waals surface area contributed by atoms with Gasteiger partial charge in [-0.1, -0.05) is 51.1 Å². The van der Waals surface area contributed by atoms with Gasteiger partial charge in [-0.15, -0.1) is 11.3 Å². The molecule has 3 aliphatic rings. The Balaban J connectivity index is 0.648. The number of aromatic amines is 1. The molecule has 3 aliphatic heterocycles. The summed E-state index contributed by atoms with van der Waals surface area (Å²) in [7, 11) is 0. The van der Waals surface area contributed by atoms with E-state index >= 15 is 0 Å². The van der Waals surface area contributed by atoms with Crippen molar-refractivity contribution in [3.05, 3.63) is 125 Å². The van der Waals surface area contributed by atoms with Crippen molar-refractivity contribution in [1.82, 2.24) is 51.3 Å². The number of carbonyl (C=O) groups is 4. The normalized spacial score (nSPS) is 17.2. The predicted molar refractivity (Wildman–Crippen MR) is 306 cm³/mol. The molecular weight excluding hydrogens is 1030 g/mol. The van der Waals surface area contributed by atoms with E-state index in [-0.39, 0.29) is 36.3 Å². The van der Waals surface area contributed by atoms with Crippen molar-refractivity contribution in [3.63, 3.8) is 0 Å². The van der Waals surface area contributed by atoms with Gasteiger partial charge in [-0.3, -0.25) is 29.3 Å². The molecule has 80 heavy (non-hydrogen) atoms. The van der Waals surface area contributed by atoms with Crippen LogP contribution in [0.25, 0.3) is 21.8 Å². The number of ether oxygens (including phenoxy) is 4. The number of H-pyrrole nitrogens is 1. The number of unbranched alkanes of at least 4 members (excludes halogenated alkanes) is 2. The first-order valence-corrected chi connectivity index (χ1v) is 28.9. The van der Waals surface area contributed by atoms with Crippen molar-refractivity contribution in [1.29, 1.82) is 0 Å². The standard InChI is InChI=1S/C60H75N11O8S/c1-40-52(80-39-64-40)42-16-14-41(15-17-42)37-63-56(74)49-13-9-29-71(49)57(75)53(59(2,3)4)66-51(72)38-77-32-10-31-76-30-6-5-7-33-78-46-18-19-50-47(36-46)48(22-34-79-50)65-55(73)44-11-8-12-45(35-44)68-60(23-27-62-28-24-60)58-67-54(69-70-58)43-20-25-61-26-21-43/h8,11-12,14-21,25-26,35-36,39,48-49,53,62,68H,5-7,9-10,13,22-24,27-34,37-38H2,1-4H3,(H,63,74)(H,65,73)(H,66,72)(H,67,69,70)/t48-,49+,53-/m1/s1. The zero-order chi connectivity index (χ0) is 55.9. The summed E-state index contributed by atoms with van der Waals surface area (Å²) < 4.78 is 23.7. The van der Waals surface area contributed by atoms with Gasteiger partial charge < -0.3 is 50.4 Å². The number of aryl methyl sites for hydroxylation is 1. The molecule has 6 heterocycles. The highest BCUT2D eigenvalue weighted by molar-refractivity contribution is 7.13. The zero-order valence-corrected chi connectivity index (χ0v) is 47.1. The molecule has 0 radical (unpaired) electrons. The number of hydrogen-bond donors (Lipinski definition) is 6. The van der Waals surface area contributed by atoms with Crippen LogP contribution >= 0.6 is 11.3 Å². The third kappa shape index (κ3) is 14.9. The van der Waals surface area contributed by atoms with Gasteiger partial charge in [0, 0.05) is 74.1 Å². The first-order chi connectivity index (χ1) is 38.8. The molecule has 19 nitrogen and oxygen atoms in total. The minimum atomic E-state index is -0.831. The maximum atomic E-state index is 14.0. The number of thiazole rings is 1. The number of likely N-dealkylation sites (tertiary alicyclic amines) is 1. The maximum Gasteiger partial charge on any atom is 0.251 e. The lowest BCUT2D eigenvalue weighted by Gasteiger charge is -2.37. The van der Waals surface area contributed by atoms with Gasteiger partial charge in [0.2, 0.25) is 17.7 Å². The topological polar surface area (TPSA) is 236 Å². The number of hydrogen-bond acceptors (Lipinski definition) is 15. The largest absolute Gasteiger partial charge is 0.494 e. The molecule has 4 amide bonds. The molecule has 0 spiro atoms. The van der Waals surface area contributed by atoms with Crippen molar-refractivity contribution >= 4 is 40.7 Å². The summed E-state index contributed by atoms with van der Waals surface area (Å²) >= 11 is 1.60. The number of nitrogens with zero attached hydrogens (tertiary/aromatic N) is 5. The number of amides is 4. The summed E-state index contributed by atoms with van der Waals surface area (Å²) in [5, 5.41) is 24.1. The summed E-state index contributed by atoms with van der Waals surface area (Å²) in [5.74, 6) is 1.77. The second-order valence-electron chi connectivity index (χ2n) is 21.8. The van der Waals surface area contributed by atoms with Crippen molar-refractivity contribution < 1.29 is 38.1 Å². The van der Waals surface area contributed by atoms with E-state index in [1.807, 2.05) is 112 Å². The van der Waals surface area contributed by atoms with E-state index in [0.717, 1.165) is 95.3 Å². The molecule has 0 unspecified atom stereocenters. The van der Waals surface area contributed by atoms with Crippen molar-refractivity contribution in [3.8, 4) is 33.3 Å². The summed E-state index contributed by atoms with van der Waals surface area (Å²) in [6.45, 7) is 12.3. The molecule has 9 rings (SSSR count). The number of benzene rings is 3. The second kappa shape index (κ2) is 27.3. The van der Waals surface area contributed by atoms with Crippen LogP contribution in [0, 0.1) is 12.3 Å². The maximum absolute atomic E-state index is 14.0. The fourth-order valence-corrected chi connectivity index (χ4v) is 11.2. The number of carbonyl (C=O) groups excluding carboxylic acids is 4. The first kappa shape index (κ1) is 57.4. The third-order valence-corrected chi connectivity index (χ3v) is 15.8. The zero-order valence-electron chi connectivity index (χ0n) is 46.3. The molecule has 0 bridgehead atoms. The van der Waals surface area contributed by atoms with E-state index in [0.29, 0.717) is 88.9 Å². The molecule has 0 saturated carbocycles. The molecule has 3 aromatic heterocycles. The highest BCUT2D eigenvalue weighted by Gasteiger charge is 2.42. The van der Waals surface area contributed by atoms with Crippen molar-refractivity contribution in [2.75, 3.05) is 64.6 Å². The molecule has 6 aromatic rings. The van der Waals surface area contributed by atoms with Crippen LogP contribution in [0.2, 0.25) is 0 Å². The first-order valence-electron chi connectivity index (χ1n) is 28.0. The quantitative estimate of drug-likeness (QED) is 0.0298. The van der Waals surface area contributed by atoms with Crippen LogP contribution in [-0.4, -0.2) is 125 Å². The number of fused-ring (bicyclic) bond motifs is 1. The number of pyridine rings is 1. The molecule has 2 saturated heterocycles. The molecule has 3 atom stereocenters. The van der Waals surface area contributed by atoms with E-state index in [9.17, 15) is 19.2 Å². The molecular formula is C60H75N11O8S. The lowest BCUT2D eigenvalue weighted by molar-refractivity contribution is -0.144. The van der Waals surface area contributed by atoms with Gasteiger partial charge in [0.1, 0.15) is 30.2 Å². The monoisotopic (exact) mass is 1110 g/mol. The second-order valence-corrected chi connectivity index (χ2v) is 22.7. The van der Waals surface area contributed by atoms with Gasteiger partial charge >= 0.3 is 0 Å². The fourth-order valence-electron chi connectivity index (χ4n) is 10.4. The Bertz CT molecular complexity index is 3010. The fraction of sp³-hybridized carbons (Fsp3) is 0.467. The van der Waals surface area contributed by atoms with Gasteiger partial charge in [-0.05, 0) is 136 Å². The Kier molecular flexibility index (Phi) is 19.6. The van der Waals surface area contributed by atoms with Crippen LogP contribution in [0.5, 0.6) is 11.5 Å². The predicted octanol–water partition coefficient (Wildman–Crippen LogP) is 8.05. The minimum absolute atomic E-state index is 0.178. The van der Waals surface area contributed by atoms with Gasteiger partial charge in [-0.2, -0.15) is 5.10 Å². The van der Waals surface area contributed by atoms with Crippen LogP contribution < -0.4 is 36.1 Å². The van der Waals surface area contributed by atoms with E-state index in [1.54, 1.807) is 28.6 Å². The van der Waals surface area contributed by atoms with Crippen LogP contribution in [0.3, 0.4) is 0 Å². The molecule has 2 fully saturated rings. The van der Waals surface area contributed by atoms with Gasteiger partial charge in [0.05, 0.1) is 40.9 Å². The van der Waals surface area contributed by atoms with Gasteiger partial charge in [0.15, 0.2) is 11.6 Å². The molecule has 424 valence electrons. The Hall–Kier alpha value is -7.26. The van der Waals surface area contributed by atoms with Crippen molar-refractivity contribution in [2.24, 2.45) is 5.41 Å². The van der Waals surface area contributed by atoms with Crippen LogP contribution in [-0.2, 0) is 35.9 Å². The van der Waals surface area contributed by atoms with E-state index < -0.39 is 23.0 Å². The average Bonchev–Trinajstić information content (AvgIpc) is 4.31. The lowest BCUT2D eigenvalue weighted by atomic mass is 9.85. The van der Waals surface area contributed by atoms with Crippen molar-refractivity contribution in [2.45, 2.75) is 116 Å². The Morgan fingerprint density at radius 3 is 2.46 bits per heavy atom. The van der Waals surface area contributed by atoms with Crippen LogP contribution in [0.4, 0.5) is 5.69 Å². The molecule has 0 aliphatic carbocycles. The molecule has 20 heteroatoms. The summed E-state index contributed by atoms with van der Waals surface area (Å²) in [4.78, 5) is 70.5. The van der Waals surface area contributed by atoms with E-state index in [4.69, 9.17) is 23.9 Å². The SMILES string of the molecule is Cc1ncsc1-c1ccc(CNC(=O)[C@@H]2CCCN2C(=O)[C@@H](NC(=O)COCCCOCCCCCOc2ccc3c(c2)[C@H](NC(=O)c2cccc(NC4(c5nc(-c6ccncc6)n[nH]5)CCNCC4)c2)CCO3)C(C)(C)C)cc1. The summed E-state index contributed by atoms with van der Waals surface area (Å²) in [5.41, 5.74) is 6.89. The van der Waals surface area contributed by atoms with E-state index in [1.165, 1.54) is 0 Å². The van der Waals surface area contributed by atoms with E-state index in [2.05, 4.69) is 46.7 Å². The molecule has 3 aromatic carbocycles. The number of nitrogens with one attached hydrogen (secondary N) is 6. The number of piperidine rings is 1. The number of rotatable bonds is 25. The highest BCUT2D eigenvalue weighted by atomic mass is 32.1. The van der Waals surface area contributed by atoms with Gasteiger partial charge in [-0.25, -0.2) is 9.97 Å². The third-order valence-electron chi connectivity index (χ3n) is 14.9. The Labute approximate surface area is 472 Å². The van der Waals surface area contributed by atoms with Crippen LogP contribution in [0.15, 0.2) is 96.8 Å². The smallest absolute Gasteiger partial charge is 0.251 e. The number of anilines is 1. The average molecular weight is 1110 g/mol. The lowest BCUT2D eigenvalue weighted by Crippen LogP contribution is -2.58. The van der Waals surface area contributed by atoms with Crippen LogP contribution in [0.1, 0.15) is 118 Å². The Morgan fingerprint density at radius 1 is 0.887 bits per heavy atom. The summed E-state index contributed by atoms with van der Waals surface area (Å²) in [6.07, 6.45) is 10.1.